The zero-order valence-electron chi connectivity index (χ0n) is 15.2. The fourth-order valence-corrected chi connectivity index (χ4v) is 3.84. The van der Waals surface area contributed by atoms with E-state index in [0.29, 0.717) is 23.5 Å². The summed E-state index contributed by atoms with van der Waals surface area (Å²) in [5, 5.41) is 4.84. The van der Waals surface area contributed by atoms with Gasteiger partial charge in [0.15, 0.2) is 10.4 Å². The second kappa shape index (κ2) is 6.53. The summed E-state index contributed by atoms with van der Waals surface area (Å²) in [6.07, 6.45) is 3.99. The zero-order chi connectivity index (χ0) is 19.3. The fourth-order valence-electron chi connectivity index (χ4n) is 3.54. The first kappa shape index (κ1) is 17.1. The zero-order valence-corrected chi connectivity index (χ0v) is 16.8. The molecular weight excluding hydrogens is 420 g/mol. The molecule has 1 aliphatic rings. The van der Waals surface area contributed by atoms with Crippen molar-refractivity contribution in [3.05, 3.63) is 88.2 Å². The van der Waals surface area contributed by atoms with Crippen LogP contribution < -0.4 is 0 Å². The van der Waals surface area contributed by atoms with Crippen LogP contribution in [0.15, 0.2) is 70.0 Å². The number of halogens is 1. The molecule has 1 amide bonds. The lowest BCUT2D eigenvalue weighted by molar-refractivity contribution is 0.0715. The van der Waals surface area contributed by atoms with E-state index in [-0.39, 0.29) is 5.91 Å². The number of amides is 1. The molecule has 0 fully saturated rings. The van der Waals surface area contributed by atoms with Crippen molar-refractivity contribution < 1.29 is 9.21 Å². The molecule has 140 valence electrons. The van der Waals surface area contributed by atoms with E-state index in [4.69, 9.17) is 9.52 Å². The molecule has 7 heteroatoms. The van der Waals surface area contributed by atoms with Gasteiger partial charge >= 0.3 is 0 Å². The Bertz CT molecular complexity index is 1160. The van der Waals surface area contributed by atoms with Crippen LogP contribution >= 0.6 is 15.9 Å². The highest BCUT2D eigenvalue weighted by Crippen LogP contribution is 2.31. The highest BCUT2D eigenvalue weighted by Gasteiger charge is 2.32. The third-order valence-corrected chi connectivity index (χ3v) is 5.35. The highest BCUT2D eigenvalue weighted by atomic mass is 79.9. The van der Waals surface area contributed by atoms with Crippen LogP contribution in [0, 0.1) is 6.92 Å². The van der Waals surface area contributed by atoms with Gasteiger partial charge in [-0.25, -0.2) is 4.68 Å². The number of benzene rings is 1. The van der Waals surface area contributed by atoms with Crippen LogP contribution in [0.4, 0.5) is 0 Å². The number of furan rings is 1. The van der Waals surface area contributed by atoms with Gasteiger partial charge in [0.2, 0.25) is 0 Å². The Morgan fingerprint density at radius 1 is 1.07 bits per heavy atom. The molecule has 0 saturated carbocycles. The molecule has 6 nitrogen and oxygen atoms in total. The molecule has 3 aromatic heterocycles. The number of hydrogen-bond donors (Lipinski definition) is 0. The van der Waals surface area contributed by atoms with Crippen LogP contribution in [0.5, 0.6) is 0 Å². The van der Waals surface area contributed by atoms with Gasteiger partial charge in [0.1, 0.15) is 5.82 Å². The van der Waals surface area contributed by atoms with Crippen molar-refractivity contribution in [3.8, 4) is 11.5 Å². The van der Waals surface area contributed by atoms with Gasteiger partial charge in [-0.15, -0.1) is 0 Å². The van der Waals surface area contributed by atoms with Crippen molar-refractivity contribution in [1.29, 1.82) is 0 Å². The van der Waals surface area contributed by atoms with Gasteiger partial charge < -0.3 is 13.9 Å². The van der Waals surface area contributed by atoms with E-state index in [1.165, 1.54) is 5.56 Å². The minimum Gasteiger partial charge on any atom is -0.444 e. The van der Waals surface area contributed by atoms with Gasteiger partial charge in [-0.3, -0.25) is 4.79 Å². The quantitative estimate of drug-likeness (QED) is 0.475. The molecule has 5 rings (SSSR count). The topological polar surface area (TPSA) is 56.2 Å². The average molecular weight is 437 g/mol. The van der Waals surface area contributed by atoms with Crippen molar-refractivity contribution in [2.75, 3.05) is 0 Å². The standard InChI is InChI=1S/C21H17BrN4O2/c1-14-4-6-15(7-5-14)26-20(24-10-2-3-11-24)16-12-25(13-17(16)23-26)21(27)18-8-9-19(22)28-18/h2-11H,12-13H2,1H3. The molecule has 0 unspecified atom stereocenters. The van der Waals surface area contributed by atoms with E-state index in [1.807, 2.05) is 33.8 Å². The molecule has 0 radical (unpaired) electrons. The second-order valence-corrected chi connectivity index (χ2v) is 7.63. The number of rotatable bonds is 3. The first-order valence-electron chi connectivity index (χ1n) is 8.96. The SMILES string of the molecule is Cc1ccc(-n2nc3c(c2-n2cccc2)CN(C(=O)c2ccc(Br)o2)C3)cc1. The predicted molar refractivity (Wildman–Crippen MR) is 108 cm³/mol. The van der Waals surface area contributed by atoms with Crippen molar-refractivity contribution in [2.45, 2.75) is 20.0 Å². The van der Waals surface area contributed by atoms with Crippen molar-refractivity contribution in [3.63, 3.8) is 0 Å². The number of aromatic nitrogens is 3. The summed E-state index contributed by atoms with van der Waals surface area (Å²) in [6.45, 7) is 3.02. The molecule has 1 aliphatic heterocycles. The van der Waals surface area contributed by atoms with Gasteiger partial charge in [-0.05, 0) is 59.3 Å². The van der Waals surface area contributed by atoms with Crippen LogP contribution in [0.1, 0.15) is 27.4 Å². The van der Waals surface area contributed by atoms with Crippen molar-refractivity contribution in [2.24, 2.45) is 0 Å². The predicted octanol–water partition coefficient (Wildman–Crippen LogP) is 4.48. The summed E-state index contributed by atoms with van der Waals surface area (Å²) < 4.78 is 9.98. The molecule has 4 aromatic rings. The largest absolute Gasteiger partial charge is 0.444 e. The molecular formula is C21H17BrN4O2. The van der Waals surface area contributed by atoms with Gasteiger partial charge in [-0.1, -0.05) is 17.7 Å². The monoisotopic (exact) mass is 436 g/mol. The minimum atomic E-state index is -0.135. The van der Waals surface area contributed by atoms with Crippen LogP contribution in [-0.4, -0.2) is 25.2 Å². The molecule has 0 aliphatic carbocycles. The lowest BCUT2D eigenvalue weighted by atomic mass is 10.2. The number of nitrogens with zero attached hydrogens (tertiary/aromatic N) is 4. The van der Waals surface area contributed by atoms with Crippen LogP contribution in [-0.2, 0) is 13.1 Å². The summed E-state index contributed by atoms with van der Waals surface area (Å²) in [5.41, 5.74) is 4.16. The van der Waals surface area contributed by atoms with Crippen LogP contribution in [0.3, 0.4) is 0 Å². The summed E-state index contributed by atoms with van der Waals surface area (Å²) in [6, 6.07) is 15.7. The molecule has 0 spiro atoms. The fraction of sp³-hybridized carbons (Fsp3) is 0.143. The summed E-state index contributed by atoms with van der Waals surface area (Å²) >= 11 is 3.25. The van der Waals surface area contributed by atoms with E-state index in [9.17, 15) is 4.79 Å². The highest BCUT2D eigenvalue weighted by molar-refractivity contribution is 9.10. The van der Waals surface area contributed by atoms with Crippen LogP contribution in [0.2, 0.25) is 0 Å². The second-order valence-electron chi connectivity index (χ2n) is 6.85. The molecule has 0 saturated heterocycles. The Hall–Kier alpha value is -3.06. The van der Waals surface area contributed by atoms with Gasteiger partial charge in [0, 0.05) is 18.0 Å². The molecule has 28 heavy (non-hydrogen) atoms. The Morgan fingerprint density at radius 2 is 1.82 bits per heavy atom. The Balaban J connectivity index is 1.55. The van der Waals surface area contributed by atoms with E-state index in [0.717, 1.165) is 22.8 Å². The number of carbonyl (C=O) groups excluding carboxylic acids is 1. The first-order chi connectivity index (χ1) is 13.6. The van der Waals surface area contributed by atoms with E-state index in [1.54, 1.807) is 17.0 Å². The van der Waals surface area contributed by atoms with Gasteiger partial charge in [0.25, 0.3) is 5.91 Å². The molecule has 0 N–H and O–H groups in total. The maximum atomic E-state index is 12.8. The van der Waals surface area contributed by atoms with E-state index >= 15 is 0 Å². The third kappa shape index (κ3) is 2.79. The van der Waals surface area contributed by atoms with Crippen molar-refractivity contribution in [1.82, 2.24) is 19.2 Å². The molecule has 0 atom stereocenters. The minimum absolute atomic E-state index is 0.135. The van der Waals surface area contributed by atoms with E-state index in [2.05, 4.69) is 47.1 Å². The first-order valence-corrected chi connectivity index (χ1v) is 9.75. The Labute approximate surface area is 170 Å². The average Bonchev–Trinajstić information content (AvgIpc) is 3.45. The molecule has 1 aromatic carbocycles. The maximum Gasteiger partial charge on any atom is 0.290 e. The normalized spacial score (nSPS) is 13.1. The lowest BCUT2D eigenvalue weighted by Gasteiger charge is -2.16. The van der Waals surface area contributed by atoms with E-state index < -0.39 is 0 Å². The number of hydrogen-bond acceptors (Lipinski definition) is 3. The Morgan fingerprint density at radius 3 is 2.50 bits per heavy atom. The summed E-state index contributed by atoms with van der Waals surface area (Å²) in [5.74, 6) is 1.15. The molecule has 0 bridgehead atoms. The number of aryl methyl sites for hydroxylation is 1. The third-order valence-electron chi connectivity index (χ3n) is 4.93. The van der Waals surface area contributed by atoms with Crippen molar-refractivity contribution >= 4 is 21.8 Å². The molecule has 4 heterocycles. The maximum absolute atomic E-state index is 12.8. The number of fused-ring (bicyclic) bond motifs is 1. The Kier molecular flexibility index (Phi) is 3.98. The smallest absolute Gasteiger partial charge is 0.290 e. The summed E-state index contributed by atoms with van der Waals surface area (Å²) in [7, 11) is 0. The lowest BCUT2D eigenvalue weighted by Crippen LogP contribution is -2.26. The van der Waals surface area contributed by atoms with Gasteiger partial charge in [0.05, 0.1) is 24.5 Å². The summed E-state index contributed by atoms with van der Waals surface area (Å²) in [4.78, 5) is 14.5. The number of carbonyl (C=O) groups is 1. The van der Waals surface area contributed by atoms with Crippen LogP contribution in [0.25, 0.3) is 11.5 Å². The van der Waals surface area contributed by atoms with Gasteiger partial charge in [-0.2, -0.15) is 5.10 Å².